The molecule has 0 aromatic heterocycles. The van der Waals surface area contributed by atoms with E-state index in [9.17, 15) is 14.7 Å². The standard InChI is InChI=1S/C20H15NO5S2/c1-2-9-26-16-6-4-3-5-12(16)10-17-18(23)21(20(27)28-17)13-7-8-15(22)14(11-13)19(24)25/h2-8,10-11,22H,1,9H2,(H,24,25)/p-1/b17-10-. The third-order valence-electron chi connectivity index (χ3n) is 3.81. The molecule has 1 N–H and O–H groups in total. The van der Waals surface area contributed by atoms with Gasteiger partial charge in [-0.2, -0.15) is 0 Å². The van der Waals surface area contributed by atoms with Crippen LogP contribution in [0.15, 0.2) is 60.0 Å². The Kier molecular flexibility index (Phi) is 5.81. The molecule has 8 heteroatoms. The van der Waals surface area contributed by atoms with Crippen molar-refractivity contribution in [1.82, 2.24) is 0 Å². The number of benzene rings is 2. The summed E-state index contributed by atoms with van der Waals surface area (Å²) in [5, 5.41) is 20.8. The molecule has 3 rings (SSSR count). The van der Waals surface area contributed by atoms with Crippen molar-refractivity contribution in [3.8, 4) is 11.5 Å². The molecule has 1 aliphatic rings. The minimum atomic E-state index is -1.36. The largest absolute Gasteiger partial charge is 0.872 e. The van der Waals surface area contributed by atoms with Gasteiger partial charge in [0, 0.05) is 5.56 Å². The second-order valence-corrected chi connectivity index (χ2v) is 7.32. The van der Waals surface area contributed by atoms with Crippen molar-refractivity contribution in [2.45, 2.75) is 0 Å². The third kappa shape index (κ3) is 3.92. The Morgan fingerprint density at radius 3 is 2.79 bits per heavy atom. The quantitative estimate of drug-likeness (QED) is 0.442. The SMILES string of the molecule is C=CCOc1ccccc1/C=C1\SC(=S)N(c2ccc([O-])c(C(=O)O)c2)C1=O. The van der Waals surface area contributed by atoms with Gasteiger partial charge < -0.3 is 14.9 Å². The predicted octanol–water partition coefficient (Wildman–Crippen LogP) is 3.43. The van der Waals surface area contributed by atoms with Crippen molar-refractivity contribution in [3.05, 3.63) is 71.2 Å². The van der Waals surface area contributed by atoms with Crippen LogP contribution in [-0.2, 0) is 4.79 Å². The molecular weight excluding hydrogens is 398 g/mol. The smallest absolute Gasteiger partial charge is 0.335 e. The van der Waals surface area contributed by atoms with Gasteiger partial charge in [0.2, 0.25) is 0 Å². The minimum Gasteiger partial charge on any atom is -0.872 e. The van der Waals surface area contributed by atoms with E-state index in [0.29, 0.717) is 22.8 Å². The van der Waals surface area contributed by atoms with Crippen LogP contribution in [0.3, 0.4) is 0 Å². The first-order chi connectivity index (χ1) is 13.4. The zero-order valence-corrected chi connectivity index (χ0v) is 16.1. The average molecular weight is 412 g/mol. The van der Waals surface area contributed by atoms with E-state index >= 15 is 0 Å². The van der Waals surface area contributed by atoms with Gasteiger partial charge in [-0.15, -0.1) is 0 Å². The van der Waals surface area contributed by atoms with E-state index in [4.69, 9.17) is 22.1 Å². The number of rotatable bonds is 6. The van der Waals surface area contributed by atoms with E-state index in [1.807, 2.05) is 12.1 Å². The predicted molar refractivity (Wildman–Crippen MR) is 111 cm³/mol. The van der Waals surface area contributed by atoms with Crippen LogP contribution in [0.25, 0.3) is 6.08 Å². The lowest BCUT2D eigenvalue weighted by atomic mass is 10.1. The van der Waals surface area contributed by atoms with Gasteiger partial charge in [-0.05, 0) is 24.3 Å². The van der Waals surface area contributed by atoms with Crippen LogP contribution in [-0.4, -0.2) is 27.9 Å². The zero-order chi connectivity index (χ0) is 20.3. The molecular formula is C20H14NO5S2-. The number of carboxylic acid groups (broad SMARTS) is 1. The van der Waals surface area contributed by atoms with Crippen molar-refractivity contribution in [2.75, 3.05) is 11.5 Å². The summed E-state index contributed by atoms with van der Waals surface area (Å²) in [6, 6.07) is 10.9. The molecule has 28 heavy (non-hydrogen) atoms. The normalized spacial score (nSPS) is 15.1. The maximum Gasteiger partial charge on any atom is 0.335 e. The molecule has 0 saturated carbocycles. The Balaban J connectivity index is 1.95. The highest BCUT2D eigenvalue weighted by Gasteiger charge is 2.33. The van der Waals surface area contributed by atoms with Crippen molar-refractivity contribution in [3.63, 3.8) is 0 Å². The second-order valence-electron chi connectivity index (χ2n) is 5.64. The van der Waals surface area contributed by atoms with Gasteiger partial charge in [0.15, 0.2) is 4.32 Å². The van der Waals surface area contributed by atoms with Gasteiger partial charge >= 0.3 is 5.97 Å². The van der Waals surface area contributed by atoms with Crippen LogP contribution in [0, 0.1) is 0 Å². The molecule has 0 unspecified atom stereocenters. The number of hydrogen-bond acceptors (Lipinski definition) is 6. The number of anilines is 1. The summed E-state index contributed by atoms with van der Waals surface area (Å²) in [5.74, 6) is -1.80. The van der Waals surface area contributed by atoms with Crippen LogP contribution in [0.4, 0.5) is 5.69 Å². The first-order valence-corrected chi connectivity index (χ1v) is 9.30. The lowest BCUT2D eigenvalue weighted by molar-refractivity contribution is -0.268. The number of nitrogens with zero attached hydrogens (tertiary/aromatic N) is 1. The number of ether oxygens (including phenoxy) is 1. The molecule has 1 heterocycles. The number of thioether (sulfide) groups is 1. The van der Waals surface area contributed by atoms with Gasteiger partial charge in [0.25, 0.3) is 5.91 Å². The van der Waals surface area contributed by atoms with E-state index in [1.54, 1.807) is 24.3 Å². The highest BCUT2D eigenvalue weighted by atomic mass is 32.2. The van der Waals surface area contributed by atoms with E-state index in [1.165, 1.54) is 11.0 Å². The molecule has 1 amide bonds. The number of thiocarbonyl (C=S) groups is 1. The molecule has 2 aromatic rings. The summed E-state index contributed by atoms with van der Waals surface area (Å²) >= 11 is 6.38. The third-order valence-corrected chi connectivity index (χ3v) is 5.11. The molecule has 142 valence electrons. The Hall–Kier alpha value is -3.10. The van der Waals surface area contributed by atoms with Crippen molar-refractivity contribution in [1.29, 1.82) is 0 Å². The molecule has 1 aliphatic heterocycles. The molecule has 0 spiro atoms. The second kappa shape index (κ2) is 8.28. The topological polar surface area (TPSA) is 89.9 Å². The fourth-order valence-electron chi connectivity index (χ4n) is 2.54. The molecule has 2 aromatic carbocycles. The van der Waals surface area contributed by atoms with Crippen molar-refractivity contribution < 1.29 is 24.5 Å². The van der Waals surface area contributed by atoms with E-state index < -0.39 is 23.2 Å². The van der Waals surface area contributed by atoms with Crippen LogP contribution < -0.4 is 14.7 Å². The minimum absolute atomic E-state index is 0.235. The van der Waals surface area contributed by atoms with Gasteiger partial charge in [-0.3, -0.25) is 9.69 Å². The fraction of sp³-hybridized carbons (Fsp3) is 0.0500. The van der Waals surface area contributed by atoms with E-state index in [0.717, 1.165) is 23.9 Å². The van der Waals surface area contributed by atoms with E-state index in [-0.39, 0.29) is 10.0 Å². The zero-order valence-electron chi connectivity index (χ0n) is 14.5. The van der Waals surface area contributed by atoms with Gasteiger partial charge in [-0.25, -0.2) is 4.79 Å². The first-order valence-electron chi connectivity index (χ1n) is 8.07. The van der Waals surface area contributed by atoms with Crippen molar-refractivity contribution in [2.24, 2.45) is 0 Å². The van der Waals surface area contributed by atoms with Crippen LogP contribution in [0.1, 0.15) is 15.9 Å². The monoisotopic (exact) mass is 412 g/mol. The number of hydrogen-bond donors (Lipinski definition) is 1. The van der Waals surface area contributed by atoms with Crippen LogP contribution >= 0.6 is 24.0 Å². The number of para-hydroxylation sites is 1. The number of amides is 1. The lowest BCUT2D eigenvalue weighted by Crippen LogP contribution is -2.27. The lowest BCUT2D eigenvalue weighted by Gasteiger charge is -2.18. The number of carbonyl (C=O) groups excluding carboxylic acids is 1. The number of aromatic carboxylic acids is 1. The summed E-state index contributed by atoms with van der Waals surface area (Å²) in [6.07, 6.45) is 3.29. The van der Waals surface area contributed by atoms with Crippen molar-refractivity contribution >= 4 is 51.9 Å². The molecule has 0 aliphatic carbocycles. The van der Waals surface area contributed by atoms with Gasteiger partial charge in [-0.1, -0.05) is 66.6 Å². The number of carbonyl (C=O) groups is 2. The Morgan fingerprint density at radius 1 is 1.32 bits per heavy atom. The summed E-state index contributed by atoms with van der Waals surface area (Å²) in [7, 11) is 0. The summed E-state index contributed by atoms with van der Waals surface area (Å²) < 4.78 is 5.84. The molecule has 1 saturated heterocycles. The maximum absolute atomic E-state index is 12.9. The number of carboxylic acids is 1. The first kappa shape index (κ1) is 19.7. The Labute approximate surface area is 170 Å². The summed E-state index contributed by atoms with van der Waals surface area (Å²) in [4.78, 5) is 25.7. The molecule has 0 atom stereocenters. The fourth-order valence-corrected chi connectivity index (χ4v) is 3.83. The summed E-state index contributed by atoms with van der Waals surface area (Å²) in [6.45, 7) is 3.94. The maximum atomic E-state index is 12.9. The Morgan fingerprint density at radius 2 is 2.07 bits per heavy atom. The average Bonchev–Trinajstić information content (AvgIpc) is 2.95. The highest BCUT2D eigenvalue weighted by molar-refractivity contribution is 8.27. The van der Waals surface area contributed by atoms with Gasteiger partial charge in [0.1, 0.15) is 12.4 Å². The Bertz CT molecular complexity index is 1020. The molecule has 0 bridgehead atoms. The summed E-state index contributed by atoms with van der Waals surface area (Å²) in [5.41, 5.74) is 0.517. The molecule has 0 radical (unpaired) electrons. The van der Waals surface area contributed by atoms with Gasteiger partial charge in [0.05, 0.1) is 16.2 Å². The van der Waals surface area contributed by atoms with Crippen LogP contribution in [0.5, 0.6) is 11.5 Å². The molecule has 6 nitrogen and oxygen atoms in total. The highest BCUT2D eigenvalue weighted by Crippen LogP contribution is 2.38. The van der Waals surface area contributed by atoms with Crippen LogP contribution in [0.2, 0.25) is 0 Å². The molecule has 1 fully saturated rings. The van der Waals surface area contributed by atoms with E-state index in [2.05, 4.69) is 6.58 Å².